The predicted octanol–water partition coefficient (Wildman–Crippen LogP) is 4.97. The molecule has 0 saturated heterocycles. The SMILES string of the molecule is Cc1noc(C)c1CS(=O)c1nc2cc(Cl)c(Cl)cc2nc1C(C)C. The van der Waals surface area contributed by atoms with E-state index in [1.807, 2.05) is 27.7 Å². The van der Waals surface area contributed by atoms with Gasteiger partial charge >= 0.3 is 0 Å². The molecule has 8 heteroatoms. The zero-order valence-corrected chi connectivity index (χ0v) is 16.6. The first kappa shape index (κ1) is 18.3. The topological polar surface area (TPSA) is 68.9 Å². The summed E-state index contributed by atoms with van der Waals surface area (Å²) >= 11 is 12.2. The maximum Gasteiger partial charge on any atom is 0.150 e. The summed E-state index contributed by atoms with van der Waals surface area (Å²) in [7, 11) is -1.38. The van der Waals surface area contributed by atoms with Crippen molar-refractivity contribution in [2.24, 2.45) is 0 Å². The third-order valence-electron chi connectivity index (χ3n) is 3.92. The third-order valence-corrected chi connectivity index (χ3v) is 5.92. The van der Waals surface area contributed by atoms with E-state index in [0.717, 1.165) is 11.3 Å². The van der Waals surface area contributed by atoms with Crippen LogP contribution in [0.3, 0.4) is 0 Å². The average Bonchev–Trinajstić information content (AvgIpc) is 2.86. The van der Waals surface area contributed by atoms with Crippen LogP contribution in [0.15, 0.2) is 21.7 Å². The molecule has 0 N–H and O–H groups in total. The second-order valence-electron chi connectivity index (χ2n) is 6.12. The lowest BCUT2D eigenvalue weighted by atomic mass is 10.1. The average molecular weight is 398 g/mol. The van der Waals surface area contributed by atoms with Crippen molar-refractivity contribution in [2.45, 2.75) is 44.4 Å². The summed E-state index contributed by atoms with van der Waals surface area (Å²) in [5.74, 6) is 1.01. The monoisotopic (exact) mass is 397 g/mol. The summed E-state index contributed by atoms with van der Waals surface area (Å²) in [5.41, 5.74) is 3.47. The Morgan fingerprint density at radius 3 is 2.24 bits per heavy atom. The number of halogens is 2. The second-order valence-corrected chi connectivity index (χ2v) is 8.30. The van der Waals surface area contributed by atoms with E-state index in [1.165, 1.54) is 0 Å². The van der Waals surface area contributed by atoms with Crippen molar-refractivity contribution in [1.29, 1.82) is 0 Å². The lowest BCUT2D eigenvalue weighted by Crippen LogP contribution is -2.09. The normalized spacial score (nSPS) is 12.9. The van der Waals surface area contributed by atoms with E-state index >= 15 is 0 Å². The summed E-state index contributed by atoms with van der Waals surface area (Å²) < 4.78 is 18.2. The highest BCUT2D eigenvalue weighted by Gasteiger charge is 2.21. The smallest absolute Gasteiger partial charge is 0.150 e. The lowest BCUT2D eigenvalue weighted by Gasteiger charge is -2.12. The Bertz CT molecular complexity index is 966. The van der Waals surface area contributed by atoms with Gasteiger partial charge in [-0.1, -0.05) is 42.2 Å². The first-order chi connectivity index (χ1) is 11.8. The fraction of sp³-hybridized carbons (Fsp3) is 0.353. The van der Waals surface area contributed by atoms with Crippen molar-refractivity contribution in [2.75, 3.05) is 0 Å². The third kappa shape index (κ3) is 3.57. The van der Waals surface area contributed by atoms with E-state index in [-0.39, 0.29) is 11.7 Å². The van der Waals surface area contributed by atoms with Crippen molar-refractivity contribution in [1.82, 2.24) is 15.1 Å². The fourth-order valence-electron chi connectivity index (χ4n) is 2.50. The van der Waals surface area contributed by atoms with E-state index in [1.54, 1.807) is 12.1 Å². The summed E-state index contributed by atoms with van der Waals surface area (Å²) in [6.07, 6.45) is 0. The van der Waals surface area contributed by atoms with Crippen molar-refractivity contribution >= 4 is 45.0 Å². The maximum atomic E-state index is 13.0. The molecular formula is C17H17Cl2N3O2S. The standard InChI is InChI=1S/C17H17Cl2N3O2S/c1-8(2)16-17(25(23)7-11-9(3)22-24-10(11)4)21-15-6-13(19)12(18)5-14(15)20-16/h5-6,8H,7H2,1-4H3. The molecule has 3 aromatic rings. The fourth-order valence-corrected chi connectivity index (χ4v) is 4.34. The van der Waals surface area contributed by atoms with Crippen LogP contribution >= 0.6 is 23.2 Å². The Balaban J connectivity index is 2.11. The molecule has 5 nitrogen and oxygen atoms in total. The van der Waals surface area contributed by atoms with Crippen LogP contribution in [-0.4, -0.2) is 19.3 Å². The van der Waals surface area contributed by atoms with Crippen LogP contribution in [0.1, 0.15) is 42.5 Å². The van der Waals surface area contributed by atoms with Gasteiger partial charge < -0.3 is 4.52 Å². The number of rotatable bonds is 4. The molecule has 1 atom stereocenters. The molecule has 0 aliphatic heterocycles. The highest BCUT2D eigenvalue weighted by atomic mass is 35.5. The quantitative estimate of drug-likeness (QED) is 0.621. The first-order valence-electron chi connectivity index (χ1n) is 7.74. The zero-order chi connectivity index (χ0) is 18.3. The molecule has 0 saturated carbocycles. The summed E-state index contributed by atoms with van der Waals surface area (Å²) in [5, 5.41) is 5.18. The van der Waals surface area contributed by atoms with E-state index in [9.17, 15) is 4.21 Å². The van der Waals surface area contributed by atoms with Crippen molar-refractivity contribution in [3.63, 3.8) is 0 Å². The van der Waals surface area contributed by atoms with Gasteiger partial charge in [-0.3, -0.25) is 4.21 Å². The van der Waals surface area contributed by atoms with Crippen LogP contribution < -0.4 is 0 Å². The van der Waals surface area contributed by atoms with Crippen LogP contribution in [0.5, 0.6) is 0 Å². The number of hydrogen-bond acceptors (Lipinski definition) is 5. The predicted molar refractivity (Wildman–Crippen MR) is 99.7 cm³/mol. The molecule has 0 spiro atoms. The minimum absolute atomic E-state index is 0.0648. The molecule has 2 aromatic heterocycles. The molecular weight excluding hydrogens is 381 g/mol. The Kier molecular flexibility index (Phi) is 5.14. The summed E-state index contributed by atoms with van der Waals surface area (Å²) in [4.78, 5) is 9.22. The molecule has 132 valence electrons. The van der Waals surface area contributed by atoms with Gasteiger partial charge in [0.15, 0.2) is 0 Å². The van der Waals surface area contributed by atoms with Crippen molar-refractivity contribution < 1.29 is 8.73 Å². The van der Waals surface area contributed by atoms with E-state index < -0.39 is 10.8 Å². The van der Waals surface area contributed by atoms with Gasteiger partial charge in [-0.15, -0.1) is 0 Å². The number of fused-ring (bicyclic) bond motifs is 1. The van der Waals surface area contributed by atoms with Crippen LogP contribution in [0.4, 0.5) is 0 Å². The molecule has 1 aromatic carbocycles. The summed E-state index contributed by atoms with van der Waals surface area (Å²) in [6, 6.07) is 3.33. The highest BCUT2D eigenvalue weighted by Crippen LogP contribution is 2.30. The number of aryl methyl sites for hydroxylation is 2. The van der Waals surface area contributed by atoms with Gasteiger partial charge in [0, 0.05) is 5.56 Å². The molecule has 0 aliphatic carbocycles. The molecule has 1 unspecified atom stereocenters. The number of nitrogens with zero attached hydrogens (tertiary/aromatic N) is 3. The van der Waals surface area contributed by atoms with Gasteiger partial charge in [0.05, 0.1) is 49.0 Å². The molecule has 0 fully saturated rings. The molecule has 0 bridgehead atoms. The molecule has 3 rings (SSSR count). The van der Waals surface area contributed by atoms with Gasteiger partial charge in [0.1, 0.15) is 10.8 Å². The van der Waals surface area contributed by atoms with Crippen LogP contribution in [0.2, 0.25) is 10.0 Å². The Labute approximate surface area is 158 Å². The number of aromatic nitrogens is 3. The largest absolute Gasteiger partial charge is 0.361 e. The molecule has 0 amide bonds. The van der Waals surface area contributed by atoms with Gasteiger partial charge in [-0.25, -0.2) is 9.97 Å². The molecule has 0 radical (unpaired) electrons. The summed E-state index contributed by atoms with van der Waals surface area (Å²) in [6.45, 7) is 7.62. The number of hydrogen-bond donors (Lipinski definition) is 0. The Morgan fingerprint density at radius 1 is 1.12 bits per heavy atom. The zero-order valence-electron chi connectivity index (χ0n) is 14.3. The van der Waals surface area contributed by atoms with E-state index in [2.05, 4.69) is 15.1 Å². The molecule has 2 heterocycles. The van der Waals surface area contributed by atoms with Gasteiger partial charge in [-0.05, 0) is 31.9 Å². The van der Waals surface area contributed by atoms with Gasteiger partial charge in [0.25, 0.3) is 0 Å². The Morgan fingerprint density at radius 2 is 1.72 bits per heavy atom. The minimum Gasteiger partial charge on any atom is -0.361 e. The Hall–Kier alpha value is -1.50. The van der Waals surface area contributed by atoms with Crippen molar-refractivity contribution in [3.8, 4) is 0 Å². The van der Waals surface area contributed by atoms with Crippen LogP contribution in [0.25, 0.3) is 11.0 Å². The van der Waals surface area contributed by atoms with Gasteiger partial charge in [0.2, 0.25) is 0 Å². The molecule has 25 heavy (non-hydrogen) atoms. The van der Waals surface area contributed by atoms with Crippen LogP contribution in [-0.2, 0) is 16.6 Å². The highest BCUT2D eigenvalue weighted by molar-refractivity contribution is 7.84. The van der Waals surface area contributed by atoms with Gasteiger partial charge in [-0.2, -0.15) is 0 Å². The van der Waals surface area contributed by atoms with E-state index in [4.69, 9.17) is 27.7 Å². The maximum absolute atomic E-state index is 13.0. The molecule has 0 aliphatic rings. The van der Waals surface area contributed by atoms with Crippen LogP contribution in [0, 0.1) is 13.8 Å². The van der Waals surface area contributed by atoms with Crippen molar-refractivity contribution in [3.05, 3.63) is 44.9 Å². The second kappa shape index (κ2) is 7.02. The first-order valence-corrected chi connectivity index (χ1v) is 9.82. The van der Waals surface area contributed by atoms with E-state index in [0.29, 0.717) is 37.6 Å². The lowest BCUT2D eigenvalue weighted by molar-refractivity contribution is 0.392. The minimum atomic E-state index is -1.38. The number of benzene rings is 1.